The number of rotatable bonds is 3. The lowest BCUT2D eigenvalue weighted by Crippen LogP contribution is -2.25. The molecule has 1 nitrogen and oxygen atoms in total. The quantitative estimate of drug-likeness (QED) is 0.668. The van der Waals surface area contributed by atoms with Crippen LogP contribution < -0.4 is 10.4 Å². The van der Waals surface area contributed by atoms with Gasteiger partial charge in [0.15, 0.2) is 0 Å². The number of halogens is 1. The SMILES string of the molecule is CCC(c1cccnc1)C1C=c2ccc3c(c2CC1)CC=c1cc(F)ccc1=3. The van der Waals surface area contributed by atoms with Gasteiger partial charge in [0.05, 0.1) is 0 Å². The van der Waals surface area contributed by atoms with E-state index in [9.17, 15) is 4.39 Å². The molecular weight excluding hydrogens is 345 g/mol. The molecule has 0 amide bonds. The summed E-state index contributed by atoms with van der Waals surface area (Å²) in [5.41, 5.74) is 4.26. The molecule has 2 unspecified atom stereocenters. The standard InChI is InChI=1S/C26H24FN/c1-2-22(20-4-3-13-28-16-20)17-5-9-23-18(14-17)6-10-26-24-12-8-21(27)15-19(24)7-11-25(23)26/h3-4,6-8,10,12-17,22H,2,5,9,11H2,1H3. The number of aromatic nitrogens is 1. The van der Waals surface area contributed by atoms with Gasteiger partial charge in [-0.3, -0.25) is 4.98 Å². The van der Waals surface area contributed by atoms with Gasteiger partial charge in [0, 0.05) is 12.4 Å². The van der Waals surface area contributed by atoms with Crippen molar-refractivity contribution in [2.45, 2.75) is 38.5 Å². The predicted octanol–water partition coefficient (Wildman–Crippen LogP) is 4.38. The number of pyridine rings is 1. The van der Waals surface area contributed by atoms with Crippen LogP contribution in [0.4, 0.5) is 4.39 Å². The summed E-state index contributed by atoms with van der Waals surface area (Å²) in [6.45, 7) is 2.28. The fourth-order valence-electron chi connectivity index (χ4n) is 5.13. The van der Waals surface area contributed by atoms with Crippen molar-refractivity contribution < 1.29 is 4.39 Å². The fourth-order valence-corrected chi connectivity index (χ4v) is 5.13. The third-order valence-corrected chi connectivity index (χ3v) is 6.49. The summed E-state index contributed by atoms with van der Waals surface area (Å²) in [4.78, 5) is 4.33. The molecule has 0 spiro atoms. The molecule has 2 aromatic carbocycles. The lowest BCUT2D eigenvalue weighted by atomic mass is 9.76. The summed E-state index contributed by atoms with van der Waals surface area (Å²) >= 11 is 0. The van der Waals surface area contributed by atoms with Crippen LogP contribution in [0.15, 0.2) is 54.9 Å². The van der Waals surface area contributed by atoms with E-state index < -0.39 is 0 Å². The van der Waals surface area contributed by atoms with Crippen molar-refractivity contribution in [2.75, 3.05) is 0 Å². The molecule has 2 aliphatic carbocycles. The van der Waals surface area contributed by atoms with Crippen molar-refractivity contribution in [2.24, 2.45) is 5.92 Å². The van der Waals surface area contributed by atoms with Crippen molar-refractivity contribution >= 4 is 12.2 Å². The highest BCUT2D eigenvalue weighted by atomic mass is 19.1. The van der Waals surface area contributed by atoms with Crippen LogP contribution in [0.2, 0.25) is 0 Å². The van der Waals surface area contributed by atoms with E-state index in [2.05, 4.69) is 42.3 Å². The summed E-state index contributed by atoms with van der Waals surface area (Å²) in [6, 6.07) is 13.9. The Morgan fingerprint density at radius 2 is 1.96 bits per heavy atom. The number of nitrogens with zero attached hydrogens (tertiary/aromatic N) is 1. The second-order valence-electron chi connectivity index (χ2n) is 7.97. The van der Waals surface area contributed by atoms with Gasteiger partial charge < -0.3 is 0 Å². The van der Waals surface area contributed by atoms with E-state index in [1.165, 1.54) is 33.5 Å². The maximum absolute atomic E-state index is 13.6. The van der Waals surface area contributed by atoms with Crippen LogP contribution in [0.5, 0.6) is 0 Å². The van der Waals surface area contributed by atoms with Crippen LogP contribution in [0.25, 0.3) is 12.2 Å². The molecule has 0 saturated heterocycles. The molecule has 5 rings (SSSR count). The van der Waals surface area contributed by atoms with Crippen molar-refractivity contribution in [3.8, 4) is 0 Å². The van der Waals surface area contributed by atoms with Gasteiger partial charge in [-0.1, -0.05) is 43.3 Å². The minimum absolute atomic E-state index is 0.159. The molecule has 28 heavy (non-hydrogen) atoms. The number of hydrogen-bond acceptors (Lipinski definition) is 1. The van der Waals surface area contributed by atoms with E-state index in [1.807, 2.05) is 24.5 Å². The van der Waals surface area contributed by atoms with Gasteiger partial charge in [0.1, 0.15) is 5.82 Å². The minimum Gasteiger partial charge on any atom is -0.264 e. The third kappa shape index (κ3) is 2.88. The van der Waals surface area contributed by atoms with Gasteiger partial charge >= 0.3 is 0 Å². The second-order valence-corrected chi connectivity index (χ2v) is 7.97. The average Bonchev–Trinajstić information content (AvgIpc) is 2.74. The Hall–Kier alpha value is -2.74. The van der Waals surface area contributed by atoms with Gasteiger partial charge in [-0.2, -0.15) is 0 Å². The van der Waals surface area contributed by atoms with Gasteiger partial charge in [0.25, 0.3) is 0 Å². The van der Waals surface area contributed by atoms with Gasteiger partial charge in [0.2, 0.25) is 0 Å². The zero-order chi connectivity index (χ0) is 19.1. The molecule has 140 valence electrons. The van der Waals surface area contributed by atoms with E-state index in [1.54, 1.807) is 12.1 Å². The first-order valence-electron chi connectivity index (χ1n) is 10.3. The molecule has 0 saturated carbocycles. The number of fused-ring (bicyclic) bond motifs is 4. The summed E-state index contributed by atoms with van der Waals surface area (Å²) in [5, 5.41) is 4.85. The van der Waals surface area contributed by atoms with Crippen molar-refractivity contribution in [1.29, 1.82) is 0 Å². The Morgan fingerprint density at radius 1 is 1.07 bits per heavy atom. The van der Waals surface area contributed by atoms with Crippen molar-refractivity contribution in [3.05, 3.63) is 98.2 Å². The largest absolute Gasteiger partial charge is 0.264 e. The van der Waals surface area contributed by atoms with Crippen LogP contribution in [0.3, 0.4) is 0 Å². The molecule has 1 aromatic heterocycles. The highest BCUT2D eigenvalue weighted by molar-refractivity contribution is 5.48. The summed E-state index contributed by atoms with van der Waals surface area (Å²) in [5.74, 6) is 0.912. The lowest BCUT2D eigenvalue weighted by Gasteiger charge is -2.28. The molecule has 3 aromatic rings. The normalized spacial score (nSPS) is 18.1. The zero-order valence-electron chi connectivity index (χ0n) is 16.2. The Labute approximate surface area is 164 Å². The molecule has 0 N–H and O–H groups in total. The Kier molecular flexibility index (Phi) is 4.35. The minimum atomic E-state index is -0.159. The maximum atomic E-state index is 13.6. The highest BCUT2D eigenvalue weighted by Gasteiger charge is 2.24. The van der Waals surface area contributed by atoms with Gasteiger partial charge in [-0.15, -0.1) is 0 Å². The lowest BCUT2D eigenvalue weighted by molar-refractivity contribution is 0.474. The van der Waals surface area contributed by atoms with Crippen LogP contribution in [-0.4, -0.2) is 4.98 Å². The number of benzene rings is 2. The average molecular weight is 369 g/mol. The molecule has 2 atom stereocenters. The zero-order valence-corrected chi connectivity index (χ0v) is 16.2. The smallest absolute Gasteiger partial charge is 0.123 e. The van der Waals surface area contributed by atoms with Crippen LogP contribution in [0.1, 0.15) is 42.4 Å². The Bertz CT molecular complexity index is 1240. The molecule has 0 radical (unpaired) electrons. The van der Waals surface area contributed by atoms with E-state index in [0.717, 1.165) is 29.7 Å². The fraction of sp³-hybridized carbons (Fsp3) is 0.269. The third-order valence-electron chi connectivity index (χ3n) is 6.49. The van der Waals surface area contributed by atoms with Crippen LogP contribution in [-0.2, 0) is 12.8 Å². The van der Waals surface area contributed by atoms with E-state index in [4.69, 9.17) is 0 Å². The first-order chi connectivity index (χ1) is 13.7. The van der Waals surface area contributed by atoms with E-state index >= 15 is 0 Å². The summed E-state index contributed by atoms with van der Waals surface area (Å²) in [6.07, 6.45) is 12.8. The summed E-state index contributed by atoms with van der Waals surface area (Å²) in [7, 11) is 0. The predicted molar refractivity (Wildman–Crippen MR) is 111 cm³/mol. The van der Waals surface area contributed by atoms with Gasteiger partial charge in [-0.25, -0.2) is 4.39 Å². The molecule has 0 aliphatic heterocycles. The first kappa shape index (κ1) is 17.4. The molecule has 0 bridgehead atoms. The van der Waals surface area contributed by atoms with Crippen molar-refractivity contribution in [3.63, 3.8) is 0 Å². The summed E-state index contributed by atoms with van der Waals surface area (Å²) < 4.78 is 13.6. The van der Waals surface area contributed by atoms with E-state index in [0.29, 0.717) is 11.8 Å². The second kappa shape index (κ2) is 7.01. The van der Waals surface area contributed by atoms with E-state index in [-0.39, 0.29) is 5.82 Å². The molecule has 2 heteroatoms. The molecule has 2 aliphatic rings. The van der Waals surface area contributed by atoms with Crippen molar-refractivity contribution in [1.82, 2.24) is 4.98 Å². The molecular formula is C26H24FN. The highest BCUT2D eigenvalue weighted by Crippen LogP contribution is 2.34. The maximum Gasteiger partial charge on any atom is 0.123 e. The topological polar surface area (TPSA) is 12.9 Å². The first-order valence-corrected chi connectivity index (χ1v) is 10.3. The van der Waals surface area contributed by atoms with Crippen LogP contribution in [0, 0.1) is 22.2 Å². The Morgan fingerprint density at radius 3 is 2.79 bits per heavy atom. The Balaban J connectivity index is 1.64. The monoisotopic (exact) mass is 369 g/mol. The molecule has 0 fully saturated rings. The van der Waals surface area contributed by atoms with Crippen LogP contribution >= 0.6 is 0 Å². The molecule has 1 heterocycles. The van der Waals surface area contributed by atoms with Gasteiger partial charge in [-0.05, 0) is 93.3 Å². The number of hydrogen-bond donors (Lipinski definition) is 0.